The number of piperidine rings is 1. The largest absolute Gasteiger partial charge is 0.366 e. The molecule has 6 N–H and O–H groups in total. The van der Waals surface area contributed by atoms with Crippen molar-refractivity contribution in [2.45, 2.75) is 62.6 Å². The van der Waals surface area contributed by atoms with Crippen molar-refractivity contribution in [3.63, 3.8) is 0 Å². The van der Waals surface area contributed by atoms with Crippen LogP contribution in [0.2, 0.25) is 0 Å². The standard InChI is InChI=1S/C36H35FN8O3/c1-19(41-18-31(46)45-27(17-38)14-25-15-30(25)45)16-36(35-42-34(43-44-35)20-4-8-26(37)9-5-20)28-10-6-23(32(39)47)12-21(28)2-3-22-13-24(33(40)48)7-11-29(22)36/h4-13,19,25,27,30,41H,2-3,14-16,18H2,1H3,(H2,39,47)(H2,40,48)(H,42,43,44)/t19-,25+,27?,30-/m0/s1. The fourth-order valence-corrected chi connectivity index (χ4v) is 7.72. The van der Waals surface area contributed by atoms with E-state index in [0.717, 1.165) is 35.1 Å². The van der Waals surface area contributed by atoms with Crippen LogP contribution < -0.4 is 16.8 Å². The molecule has 1 aliphatic heterocycles. The van der Waals surface area contributed by atoms with E-state index in [0.29, 0.717) is 53.5 Å². The molecule has 2 aliphatic carbocycles. The quantitative estimate of drug-likeness (QED) is 0.215. The molecule has 1 saturated carbocycles. The Bertz CT molecular complexity index is 1920. The van der Waals surface area contributed by atoms with Crippen molar-refractivity contribution in [2.75, 3.05) is 6.54 Å². The van der Waals surface area contributed by atoms with E-state index in [1.54, 1.807) is 41.3 Å². The van der Waals surface area contributed by atoms with E-state index in [1.165, 1.54) is 12.1 Å². The SMILES string of the molecule is C[C@@H](CC1(c2nc(-c3ccc(F)cc3)n[nH]2)c2ccc(C(N)=O)cc2CCc2cc(C(N)=O)ccc21)NCC(=O)N1C(C#N)C[C@@H]2C[C@@H]21. The average molecular weight is 647 g/mol. The monoisotopic (exact) mass is 646 g/mol. The minimum atomic E-state index is -1.02. The summed E-state index contributed by atoms with van der Waals surface area (Å²) in [5.41, 5.74) is 15.2. The van der Waals surface area contributed by atoms with Crippen LogP contribution in [0.4, 0.5) is 4.39 Å². The average Bonchev–Trinajstić information content (AvgIpc) is 3.51. The van der Waals surface area contributed by atoms with Gasteiger partial charge in [-0.05, 0) is 116 Å². The molecular formula is C36H35FN8O3. The Morgan fingerprint density at radius 3 is 2.23 bits per heavy atom. The summed E-state index contributed by atoms with van der Waals surface area (Å²) in [4.78, 5) is 44.7. The van der Waals surface area contributed by atoms with Gasteiger partial charge in [0, 0.05) is 28.8 Å². The number of fused-ring (bicyclic) bond motifs is 3. The molecule has 1 aromatic heterocycles. The third-order valence-corrected chi connectivity index (χ3v) is 10.1. The molecule has 0 spiro atoms. The molecular weight excluding hydrogens is 611 g/mol. The Balaban J connectivity index is 1.34. The fraction of sp³-hybridized carbons (Fsp3) is 0.333. The van der Waals surface area contributed by atoms with E-state index in [9.17, 15) is 24.0 Å². The molecule has 0 bridgehead atoms. The summed E-state index contributed by atoms with van der Waals surface area (Å²) in [7, 11) is 0. The number of aromatic nitrogens is 3. The van der Waals surface area contributed by atoms with Crippen molar-refractivity contribution in [3.8, 4) is 17.5 Å². The number of halogens is 1. The van der Waals surface area contributed by atoms with Crippen LogP contribution in [0.25, 0.3) is 11.4 Å². The molecule has 48 heavy (non-hydrogen) atoms. The lowest BCUT2D eigenvalue weighted by Gasteiger charge is -2.37. The summed E-state index contributed by atoms with van der Waals surface area (Å²) in [6.07, 6.45) is 3.14. The van der Waals surface area contributed by atoms with E-state index in [1.807, 2.05) is 19.1 Å². The van der Waals surface area contributed by atoms with Crippen molar-refractivity contribution < 1.29 is 18.8 Å². The molecule has 4 aromatic rings. The Kier molecular flexibility index (Phi) is 7.80. The molecule has 3 aliphatic rings. The van der Waals surface area contributed by atoms with Gasteiger partial charge in [-0.2, -0.15) is 10.4 Å². The third-order valence-electron chi connectivity index (χ3n) is 10.1. The maximum atomic E-state index is 13.8. The normalized spacial score (nSPS) is 20.9. The summed E-state index contributed by atoms with van der Waals surface area (Å²) in [5, 5.41) is 20.8. The summed E-state index contributed by atoms with van der Waals surface area (Å²) in [6.45, 7) is 2.04. The zero-order valence-electron chi connectivity index (χ0n) is 26.4. The van der Waals surface area contributed by atoms with Gasteiger partial charge in [0.1, 0.15) is 17.7 Å². The van der Waals surface area contributed by atoms with Crippen LogP contribution in [0.5, 0.6) is 0 Å². The number of nitrogens with zero attached hydrogens (tertiary/aromatic N) is 4. The molecule has 3 amide bonds. The van der Waals surface area contributed by atoms with E-state index >= 15 is 0 Å². The number of carbonyl (C=O) groups excluding carboxylic acids is 3. The highest BCUT2D eigenvalue weighted by Crippen LogP contribution is 2.49. The number of carbonyl (C=O) groups is 3. The number of hydrogen-bond acceptors (Lipinski definition) is 7. The summed E-state index contributed by atoms with van der Waals surface area (Å²) in [5.74, 6) is -0.317. The number of aromatic amines is 1. The second-order valence-corrected chi connectivity index (χ2v) is 13.1. The van der Waals surface area contributed by atoms with Crippen molar-refractivity contribution in [1.82, 2.24) is 25.4 Å². The van der Waals surface area contributed by atoms with Gasteiger partial charge in [-0.15, -0.1) is 0 Å². The summed E-state index contributed by atoms with van der Waals surface area (Å²) >= 11 is 0. The zero-order chi connectivity index (χ0) is 33.7. The maximum Gasteiger partial charge on any atom is 0.248 e. The highest BCUT2D eigenvalue weighted by molar-refractivity contribution is 5.94. The molecule has 12 heteroatoms. The molecule has 0 radical (unpaired) electrons. The van der Waals surface area contributed by atoms with Gasteiger partial charge < -0.3 is 21.7 Å². The van der Waals surface area contributed by atoms with E-state index in [-0.39, 0.29) is 30.4 Å². The minimum absolute atomic E-state index is 0.0524. The molecule has 2 heterocycles. The van der Waals surface area contributed by atoms with Crippen molar-refractivity contribution in [1.29, 1.82) is 5.26 Å². The Morgan fingerprint density at radius 2 is 1.65 bits per heavy atom. The number of benzene rings is 3. The molecule has 4 atom stereocenters. The van der Waals surface area contributed by atoms with Gasteiger partial charge in [-0.1, -0.05) is 12.1 Å². The molecule has 2 fully saturated rings. The van der Waals surface area contributed by atoms with Crippen molar-refractivity contribution in [2.24, 2.45) is 17.4 Å². The number of likely N-dealkylation sites (tertiary alicyclic amines) is 1. The number of nitrogens with one attached hydrogen (secondary N) is 2. The van der Waals surface area contributed by atoms with E-state index in [4.69, 9.17) is 16.5 Å². The first-order valence-electron chi connectivity index (χ1n) is 16.1. The first-order chi connectivity index (χ1) is 23.1. The predicted molar refractivity (Wildman–Crippen MR) is 174 cm³/mol. The number of amides is 3. The number of aryl methyl sites for hydroxylation is 2. The first kappa shape index (κ1) is 31.2. The molecule has 7 rings (SSSR count). The first-order valence-corrected chi connectivity index (χ1v) is 16.1. The Labute approximate surface area is 276 Å². The van der Waals surface area contributed by atoms with Crippen LogP contribution >= 0.6 is 0 Å². The Hall–Kier alpha value is -5.41. The molecule has 1 saturated heterocycles. The number of primary amides is 2. The van der Waals surface area contributed by atoms with Crippen LogP contribution in [0.3, 0.4) is 0 Å². The topological polar surface area (TPSA) is 184 Å². The lowest BCUT2D eigenvalue weighted by atomic mass is 9.67. The lowest BCUT2D eigenvalue weighted by Crippen LogP contribution is -2.46. The van der Waals surface area contributed by atoms with Crippen molar-refractivity contribution >= 4 is 17.7 Å². The van der Waals surface area contributed by atoms with Crippen LogP contribution in [0, 0.1) is 23.1 Å². The van der Waals surface area contributed by atoms with Gasteiger partial charge in [0.15, 0.2) is 5.82 Å². The second kappa shape index (κ2) is 12.0. The maximum absolute atomic E-state index is 13.8. The molecule has 244 valence electrons. The summed E-state index contributed by atoms with van der Waals surface area (Å²) < 4.78 is 13.8. The van der Waals surface area contributed by atoms with Crippen LogP contribution in [0.15, 0.2) is 60.7 Å². The zero-order valence-corrected chi connectivity index (χ0v) is 26.4. The Morgan fingerprint density at radius 1 is 1.02 bits per heavy atom. The van der Waals surface area contributed by atoms with Crippen LogP contribution in [0.1, 0.15) is 75.0 Å². The predicted octanol–water partition coefficient (Wildman–Crippen LogP) is 3.12. The highest BCUT2D eigenvalue weighted by Gasteiger charge is 2.54. The van der Waals surface area contributed by atoms with Gasteiger partial charge in [0.2, 0.25) is 17.7 Å². The molecule has 11 nitrogen and oxygen atoms in total. The summed E-state index contributed by atoms with van der Waals surface area (Å²) in [6, 6.07) is 18.4. The number of nitrogens with two attached hydrogens (primary N) is 2. The van der Waals surface area contributed by atoms with Crippen LogP contribution in [-0.4, -0.2) is 62.5 Å². The van der Waals surface area contributed by atoms with E-state index < -0.39 is 23.3 Å². The van der Waals surface area contributed by atoms with Gasteiger partial charge in [0.25, 0.3) is 0 Å². The number of H-pyrrole nitrogens is 1. The molecule has 3 aromatic carbocycles. The fourth-order valence-electron chi connectivity index (χ4n) is 7.72. The third kappa shape index (κ3) is 5.40. The highest BCUT2D eigenvalue weighted by atomic mass is 19.1. The van der Waals surface area contributed by atoms with Crippen LogP contribution in [-0.2, 0) is 23.1 Å². The lowest BCUT2D eigenvalue weighted by molar-refractivity contribution is -0.131. The van der Waals surface area contributed by atoms with Gasteiger partial charge in [-0.3, -0.25) is 19.5 Å². The van der Waals surface area contributed by atoms with Gasteiger partial charge in [-0.25, -0.2) is 9.37 Å². The number of rotatable bonds is 9. The number of hydrogen-bond donors (Lipinski definition) is 4. The van der Waals surface area contributed by atoms with E-state index in [2.05, 4.69) is 21.6 Å². The number of nitriles is 1. The minimum Gasteiger partial charge on any atom is -0.366 e. The smallest absolute Gasteiger partial charge is 0.248 e. The van der Waals surface area contributed by atoms with Gasteiger partial charge >= 0.3 is 0 Å². The second-order valence-electron chi connectivity index (χ2n) is 13.1. The molecule has 1 unspecified atom stereocenters. The van der Waals surface area contributed by atoms with Crippen molar-refractivity contribution in [3.05, 3.63) is 106 Å². The van der Waals surface area contributed by atoms with Gasteiger partial charge in [0.05, 0.1) is 18.0 Å².